The van der Waals surface area contributed by atoms with Gasteiger partial charge in [-0.1, -0.05) is 192 Å². The highest BCUT2D eigenvalue weighted by atomic mass is 79.9. The van der Waals surface area contributed by atoms with Gasteiger partial charge in [0.05, 0.1) is 30.2 Å². The van der Waals surface area contributed by atoms with Crippen LogP contribution in [0.4, 0.5) is 39.5 Å². The Hall–Kier alpha value is -9.22. The summed E-state index contributed by atoms with van der Waals surface area (Å²) in [6.07, 6.45) is -13.6. The number of nitrogens with zero attached hydrogens (tertiary/aromatic N) is 3. The normalized spacial score (nSPS) is 14.1. The molecule has 3 saturated heterocycles. The predicted molar refractivity (Wildman–Crippen MR) is 523 cm³/mol. The summed E-state index contributed by atoms with van der Waals surface area (Å²) in [5, 5.41) is 46.1. The third kappa shape index (κ3) is 49.7. The van der Waals surface area contributed by atoms with Crippen molar-refractivity contribution in [2.45, 2.75) is 144 Å². The minimum Gasteiger partial charge on any atom is -0.508 e. The Kier molecular flexibility index (Phi) is 56.9. The minimum absolute atomic E-state index is 0.0527. The first kappa shape index (κ1) is 125. The third-order valence-electron chi connectivity index (χ3n) is 18.5. The number of alkyl halides is 11. The van der Waals surface area contributed by atoms with Crippen molar-refractivity contribution in [2.75, 3.05) is 46.4 Å². The molecule has 3 aliphatic heterocycles. The van der Waals surface area contributed by atoms with Crippen LogP contribution in [0, 0.1) is 0 Å². The van der Waals surface area contributed by atoms with Crippen LogP contribution in [0.15, 0.2) is 218 Å². The van der Waals surface area contributed by atoms with Crippen molar-refractivity contribution >= 4 is 213 Å². The number of aliphatic carboxylic acids is 2. The number of phenolic OH excluding ortho intramolecular Hbond substituents is 1. The van der Waals surface area contributed by atoms with Crippen LogP contribution >= 0.6 is 146 Å². The summed E-state index contributed by atoms with van der Waals surface area (Å²) >= 11 is 51.2. The lowest BCUT2D eigenvalue weighted by Gasteiger charge is -2.24. The van der Waals surface area contributed by atoms with Crippen molar-refractivity contribution in [1.29, 1.82) is 0 Å². The number of carboxylic acid groups (broad SMARTS) is 2. The Morgan fingerprint density at radius 1 is 0.400 bits per heavy atom. The first-order chi connectivity index (χ1) is 65.5. The lowest BCUT2D eigenvalue weighted by atomic mass is 10.1. The number of esters is 3. The van der Waals surface area contributed by atoms with Crippen LogP contribution in [-0.2, 0) is 103 Å². The molecular formula is C94H92Br2Cl10F9N3O21S. The number of halogens is 21. The van der Waals surface area contributed by atoms with Crippen molar-refractivity contribution < 1.29 is 141 Å². The molecule has 3 amide bonds. The van der Waals surface area contributed by atoms with Crippen LogP contribution in [0.2, 0.25) is 30.1 Å². The molecule has 3 fully saturated rings. The monoisotopic (exact) mass is 2310 g/mol. The van der Waals surface area contributed by atoms with Gasteiger partial charge in [0.1, 0.15) is 39.1 Å². The summed E-state index contributed by atoms with van der Waals surface area (Å²) in [7, 11) is 8.59. The Morgan fingerprint density at radius 3 is 0.979 bits per heavy atom. The number of benzene rings is 9. The molecule has 8 atom stereocenters. The van der Waals surface area contributed by atoms with E-state index in [1.807, 2.05) is 0 Å². The predicted octanol–water partition coefficient (Wildman–Crippen LogP) is 24.1. The quantitative estimate of drug-likeness (QED) is 0.0138. The van der Waals surface area contributed by atoms with E-state index in [1.165, 1.54) is 101 Å². The number of aromatic hydroxyl groups is 1. The zero-order valence-electron chi connectivity index (χ0n) is 74.3. The second kappa shape index (κ2) is 63.7. The smallest absolute Gasteiger partial charge is 0.416 e. The molecular weight excluding hydrogens is 2220 g/mol. The number of aliphatic hydroxyl groups is 2. The fraction of sp³-hybridized carbons (Fsp3) is 0.319. The van der Waals surface area contributed by atoms with E-state index in [2.05, 4.69) is 58.0 Å². The van der Waals surface area contributed by atoms with E-state index in [1.54, 1.807) is 119 Å². The Bertz CT molecular complexity index is 5370. The summed E-state index contributed by atoms with van der Waals surface area (Å²) in [4.78, 5) is 117. The number of rotatable bonds is 22. The number of amides is 3. The first-order valence-electron chi connectivity index (χ1n) is 41.1. The van der Waals surface area contributed by atoms with Gasteiger partial charge >= 0.3 is 48.4 Å². The fourth-order valence-electron chi connectivity index (χ4n) is 11.6. The fourth-order valence-corrected chi connectivity index (χ4v) is 13.4. The van der Waals surface area contributed by atoms with Gasteiger partial charge in [-0.15, -0.1) is 0 Å². The van der Waals surface area contributed by atoms with Crippen LogP contribution in [0.3, 0.4) is 0 Å². The number of phenols is 1. The largest absolute Gasteiger partial charge is 0.508 e. The molecule has 3 heterocycles. The Balaban J connectivity index is 0.000000418. The zero-order valence-corrected chi connectivity index (χ0v) is 85.8. The van der Waals surface area contributed by atoms with Crippen LogP contribution in [-0.4, -0.2) is 173 Å². The van der Waals surface area contributed by atoms with E-state index in [0.29, 0.717) is 54.9 Å². The lowest BCUT2D eigenvalue weighted by Crippen LogP contribution is -2.39. The van der Waals surface area contributed by atoms with Gasteiger partial charge in [-0.2, -0.15) is 39.5 Å². The molecule has 2 unspecified atom stereocenters. The van der Waals surface area contributed by atoms with E-state index < -0.39 is 126 Å². The first-order valence-corrected chi connectivity index (χ1v) is 48.8. The van der Waals surface area contributed by atoms with Gasteiger partial charge in [-0.25, -0.2) is 18.6 Å². The van der Waals surface area contributed by atoms with Crippen molar-refractivity contribution in [1.82, 2.24) is 14.7 Å². The number of likely N-dealkylation sites (tertiary alicyclic amines) is 3. The molecule has 3 aliphatic rings. The molecule has 0 aliphatic carbocycles. The molecule has 0 bridgehead atoms. The maximum absolute atomic E-state index is 13.0. The van der Waals surface area contributed by atoms with Crippen LogP contribution in [0.5, 0.6) is 17.2 Å². The van der Waals surface area contributed by atoms with Gasteiger partial charge < -0.3 is 63.9 Å². The summed E-state index contributed by atoms with van der Waals surface area (Å²) in [6, 6.07) is 51.7. The van der Waals surface area contributed by atoms with Crippen LogP contribution in [0.25, 0.3) is 0 Å². The van der Waals surface area contributed by atoms with Crippen molar-refractivity contribution in [3.8, 4) is 17.2 Å². The van der Waals surface area contributed by atoms with Crippen LogP contribution in [0.1, 0.15) is 138 Å². The average Bonchev–Trinajstić information content (AvgIpc) is 1.07. The highest BCUT2D eigenvalue weighted by Crippen LogP contribution is 2.37. The van der Waals surface area contributed by atoms with E-state index in [0.717, 1.165) is 129 Å². The standard InChI is InChI=1S/C22H21ClF3NO4.C15H17BrClNO3.C15H10ClF3O3.C8H5BrCl2O.C8H6Cl2O.C8H7ClO2.C7H5F3O.C7H13NO2.C4H8O3.Cl2OS/c1-14(20(28)27-11-2-3-12-27)30-21(29)19(15-7-9-17(23)10-8-15)31-18-6-4-5-16(13-18)22(24,25)26;1-10(14(19)18-8-2-3-9-18)21-15(20)13(16)11-4-6-12(17)7-5-11;16-11-6-4-9(5-7-11)13(14(20)21)22-12-3-1-2-10(8-12)15(17,18)19;9-7(8(11)12)5-1-3-6(10)4-2-5;2*9-7-3-1-6(2-4-7)5-8(10)11;8-7(9,10)5-2-1-3-6(11)4-5;1-6(9)7(10)8-4-2-3-5-8;1-3(5)4(6)7-2;1-4(2)3/h4-10,13-14,19H,2-3,11-12H2,1H3;4-7,10,13H,2-3,8-9H2,1H3;1-8,13H,(H,20,21);1-4,7H;1-4H,5H2;1-4H,5H2,(H,10,11);1-4,11H;6,9H,2-5H2,1H3;3,5H,1-2H3;/t14-,19+;10-,13?;13-;;;;;6-;3-;/m001....00./s1. The van der Waals surface area contributed by atoms with Crippen molar-refractivity contribution in [3.63, 3.8) is 0 Å². The van der Waals surface area contributed by atoms with Gasteiger partial charge in [0.2, 0.25) is 31.9 Å². The molecule has 46 heteroatoms. The lowest BCUT2D eigenvalue weighted by molar-refractivity contribution is -0.165. The number of ether oxygens (including phenoxy) is 5. The second-order valence-electron chi connectivity index (χ2n) is 29.3. The molecule has 0 radical (unpaired) electrons. The maximum Gasteiger partial charge on any atom is 0.416 e. The molecule has 9 aromatic carbocycles. The van der Waals surface area contributed by atoms with Crippen LogP contribution < -0.4 is 9.47 Å². The number of carbonyl (C=O) groups is 10. The molecule has 0 saturated carbocycles. The minimum atomic E-state index is -4.56. The molecule has 0 spiro atoms. The highest BCUT2D eigenvalue weighted by Gasteiger charge is 2.37. The van der Waals surface area contributed by atoms with Gasteiger partial charge in [-0.3, -0.25) is 33.6 Å². The number of aliphatic hydroxyl groups excluding tert-OH is 2. The van der Waals surface area contributed by atoms with Gasteiger partial charge in [0.25, 0.3) is 17.7 Å². The molecule has 140 heavy (non-hydrogen) atoms. The van der Waals surface area contributed by atoms with E-state index in [4.69, 9.17) is 136 Å². The highest BCUT2D eigenvalue weighted by molar-refractivity contribution is 9.09. The van der Waals surface area contributed by atoms with E-state index in [-0.39, 0.29) is 58.6 Å². The molecule has 762 valence electrons. The maximum atomic E-state index is 13.0. The SMILES string of the molecule is COC(=O)[C@H](C)O.C[C@H](O)C(=O)N1CCCC1.C[C@H](OC(=O)C(Br)c1ccc(Cl)cc1)C(=O)N1CCCC1.C[C@H](OC(=O)[C@H](Oc1cccc(C(F)(F)F)c1)c1ccc(Cl)cc1)C(=O)N1CCCC1.O=C(Cl)C(Br)c1ccc(Cl)cc1.O=C(Cl)Cc1ccc(Cl)cc1.O=C(O)Cc1ccc(Cl)cc1.O=C(O)[C@H](Oc1cccc(C(F)(F)F)c1)c1ccc(Cl)cc1.O=S(Cl)Cl.Oc1cccc(C(F)(F)F)c1. The third-order valence-corrected chi connectivity index (χ3v) is 22.5. The van der Waals surface area contributed by atoms with Gasteiger partial charge in [0.15, 0.2) is 12.2 Å². The number of methoxy groups -OCH3 is 1. The molecule has 0 aromatic heterocycles. The summed E-state index contributed by atoms with van der Waals surface area (Å²) in [5.74, 6) is -5.40. The van der Waals surface area contributed by atoms with E-state index >= 15 is 0 Å². The Morgan fingerprint density at radius 2 is 0.693 bits per heavy atom. The number of carbonyl (C=O) groups excluding carboxylic acids is 8. The topological polar surface area (TPSA) is 345 Å². The average molecular weight is 2320 g/mol. The summed E-state index contributed by atoms with van der Waals surface area (Å²) in [6.45, 7) is 10.3. The zero-order chi connectivity index (χ0) is 105. The van der Waals surface area contributed by atoms with Crippen molar-refractivity contribution in [3.05, 3.63) is 299 Å². The van der Waals surface area contributed by atoms with Crippen molar-refractivity contribution in [2.24, 2.45) is 0 Å². The number of hydrogen-bond acceptors (Lipinski definition) is 19. The van der Waals surface area contributed by atoms with Gasteiger partial charge in [0, 0.05) is 108 Å². The summed E-state index contributed by atoms with van der Waals surface area (Å²) < 4.78 is 147. The number of hydrogen-bond donors (Lipinski definition) is 5. The molecule has 24 nitrogen and oxygen atoms in total. The van der Waals surface area contributed by atoms with E-state index in [9.17, 15) is 92.6 Å². The molecule has 9 aromatic rings. The molecule has 12 rings (SSSR count). The summed E-state index contributed by atoms with van der Waals surface area (Å²) in [5.41, 5.74) is 1.14. The number of carboxylic acids is 2. The van der Waals surface area contributed by atoms with Gasteiger partial charge in [-0.05, 0) is 239 Å². The molecule has 5 N–H and O–H groups in total. The second-order valence-corrected chi connectivity index (χ2v) is 37.1. The Labute approximate surface area is 868 Å².